The molecule has 0 aromatic carbocycles. The summed E-state index contributed by atoms with van der Waals surface area (Å²) in [5.41, 5.74) is 0.743. The zero-order valence-electron chi connectivity index (χ0n) is 9.46. The number of nitrogens with zero attached hydrogens (tertiary/aromatic N) is 1. The third kappa shape index (κ3) is 3.16. The Labute approximate surface area is 107 Å². The van der Waals surface area contributed by atoms with E-state index in [1.165, 1.54) is 0 Å². The number of aromatic amines is 1. The lowest BCUT2D eigenvalue weighted by molar-refractivity contribution is -0.112. The van der Waals surface area contributed by atoms with Crippen LogP contribution >= 0.6 is 15.9 Å². The molecule has 0 spiro atoms. The van der Waals surface area contributed by atoms with Crippen molar-refractivity contribution < 1.29 is 14.3 Å². The zero-order chi connectivity index (χ0) is 13.0. The van der Waals surface area contributed by atoms with Gasteiger partial charge in [0.05, 0.1) is 11.1 Å². The van der Waals surface area contributed by atoms with Gasteiger partial charge >= 0.3 is 5.97 Å². The summed E-state index contributed by atoms with van der Waals surface area (Å²) >= 11 is 2.95. The highest BCUT2D eigenvalue weighted by Gasteiger charge is 2.18. The Kier molecular flexibility index (Phi) is 4.45. The van der Waals surface area contributed by atoms with Gasteiger partial charge in [-0.3, -0.25) is 9.89 Å². The number of hydrogen-bond donors (Lipinski definition) is 2. The summed E-state index contributed by atoms with van der Waals surface area (Å²) in [6, 6.07) is 0. The molecule has 0 radical (unpaired) electrons. The lowest BCUT2D eigenvalue weighted by Crippen LogP contribution is -2.12. The number of halogens is 1. The van der Waals surface area contributed by atoms with E-state index in [4.69, 9.17) is 4.74 Å². The molecule has 1 aromatic heterocycles. The fourth-order valence-corrected chi connectivity index (χ4v) is 1.20. The van der Waals surface area contributed by atoms with E-state index in [-0.39, 0.29) is 22.6 Å². The van der Waals surface area contributed by atoms with Gasteiger partial charge in [0.25, 0.3) is 5.91 Å². The van der Waals surface area contributed by atoms with Gasteiger partial charge in [-0.05, 0) is 29.8 Å². The number of ether oxygens (including phenoxy) is 1. The minimum Gasteiger partial charge on any atom is -0.461 e. The SMILES string of the molecule is C=C(Br)C(=O)Nc1n[nH]c(C(=O)OCC)c1C. The quantitative estimate of drug-likeness (QED) is 0.655. The fourth-order valence-electron chi connectivity index (χ4n) is 1.10. The number of rotatable bonds is 4. The second kappa shape index (κ2) is 5.62. The molecule has 0 bridgehead atoms. The van der Waals surface area contributed by atoms with Gasteiger partial charge in [-0.2, -0.15) is 5.10 Å². The van der Waals surface area contributed by atoms with Gasteiger partial charge in [0, 0.05) is 5.56 Å². The molecule has 0 unspecified atom stereocenters. The summed E-state index contributed by atoms with van der Waals surface area (Å²) in [5, 5.41) is 8.83. The van der Waals surface area contributed by atoms with Gasteiger partial charge in [-0.1, -0.05) is 6.58 Å². The van der Waals surface area contributed by atoms with Gasteiger partial charge in [0.1, 0.15) is 5.69 Å². The van der Waals surface area contributed by atoms with E-state index in [9.17, 15) is 9.59 Å². The first-order valence-electron chi connectivity index (χ1n) is 4.85. The Hall–Kier alpha value is -1.63. The summed E-state index contributed by atoms with van der Waals surface area (Å²) < 4.78 is 5.00. The second-order valence-electron chi connectivity index (χ2n) is 3.15. The highest BCUT2D eigenvalue weighted by atomic mass is 79.9. The van der Waals surface area contributed by atoms with E-state index in [0.29, 0.717) is 5.56 Å². The Bertz CT molecular complexity index is 467. The third-order valence-corrected chi connectivity index (χ3v) is 2.33. The van der Waals surface area contributed by atoms with E-state index >= 15 is 0 Å². The van der Waals surface area contributed by atoms with Crippen LogP contribution in [0, 0.1) is 6.92 Å². The van der Waals surface area contributed by atoms with E-state index in [0.717, 1.165) is 0 Å². The maximum Gasteiger partial charge on any atom is 0.356 e. The van der Waals surface area contributed by atoms with Gasteiger partial charge in [-0.25, -0.2) is 4.79 Å². The molecule has 0 fully saturated rings. The van der Waals surface area contributed by atoms with Gasteiger partial charge in [-0.15, -0.1) is 0 Å². The van der Waals surface area contributed by atoms with Crippen molar-refractivity contribution in [3.05, 3.63) is 22.3 Å². The molecule has 0 aliphatic rings. The van der Waals surface area contributed by atoms with Crippen LogP contribution in [0.25, 0.3) is 0 Å². The Morgan fingerprint density at radius 1 is 1.59 bits per heavy atom. The molecule has 6 nitrogen and oxygen atoms in total. The van der Waals surface area contributed by atoms with Crippen molar-refractivity contribution in [1.29, 1.82) is 0 Å². The van der Waals surface area contributed by atoms with Crippen molar-refractivity contribution in [2.45, 2.75) is 13.8 Å². The normalized spacial score (nSPS) is 9.82. The molecule has 0 saturated carbocycles. The minimum absolute atomic E-state index is 0.178. The molecular formula is C10H12BrN3O3. The molecule has 0 saturated heterocycles. The number of carbonyl (C=O) groups is 2. The number of carbonyl (C=O) groups excluding carboxylic acids is 2. The Morgan fingerprint density at radius 3 is 2.76 bits per heavy atom. The van der Waals surface area contributed by atoms with Gasteiger partial charge in [0.2, 0.25) is 0 Å². The summed E-state index contributed by atoms with van der Waals surface area (Å²) in [6.45, 7) is 7.07. The summed E-state index contributed by atoms with van der Waals surface area (Å²) in [4.78, 5) is 22.8. The number of anilines is 1. The van der Waals surface area contributed by atoms with Crippen LogP contribution in [0.2, 0.25) is 0 Å². The smallest absolute Gasteiger partial charge is 0.356 e. The largest absolute Gasteiger partial charge is 0.461 e. The minimum atomic E-state index is -0.504. The highest BCUT2D eigenvalue weighted by Crippen LogP contribution is 2.17. The first-order chi connectivity index (χ1) is 7.97. The predicted molar refractivity (Wildman–Crippen MR) is 66.0 cm³/mol. The second-order valence-corrected chi connectivity index (χ2v) is 4.11. The monoisotopic (exact) mass is 301 g/mol. The number of hydrogen-bond acceptors (Lipinski definition) is 4. The standard InChI is InChI=1S/C10H12BrN3O3/c1-4-17-10(16)7-5(2)8(14-13-7)12-9(15)6(3)11/h3-4H2,1-2H3,(H2,12,13,14,15). The van der Waals surface area contributed by atoms with Crippen molar-refractivity contribution in [3.63, 3.8) is 0 Å². The first kappa shape index (κ1) is 13.4. The van der Waals surface area contributed by atoms with Crippen LogP contribution in [0.3, 0.4) is 0 Å². The van der Waals surface area contributed by atoms with Crippen molar-refractivity contribution in [2.75, 3.05) is 11.9 Å². The number of nitrogens with one attached hydrogen (secondary N) is 2. The third-order valence-electron chi connectivity index (χ3n) is 1.97. The van der Waals surface area contributed by atoms with E-state index in [1.807, 2.05) is 0 Å². The van der Waals surface area contributed by atoms with Crippen LogP contribution in [0.15, 0.2) is 11.1 Å². The van der Waals surface area contributed by atoms with E-state index in [2.05, 4.69) is 38.0 Å². The maximum atomic E-state index is 11.5. The molecule has 7 heteroatoms. The maximum absolute atomic E-state index is 11.5. The molecule has 92 valence electrons. The van der Waals surface area contributed by atoms with Crippen molar-refractivity contribution in [3.8, 4) is 0 Å². The van der Waals surface area contributed by atoms with Crippen molar-refractivity contribution in [2.24, 2.45) is 0 Å². The van der Waals surface area contributed by atoms with Crippen LogP contribution in [0.4, 0.5) is 5.82 Å². The first-order valence-corrected chi connectivity index (χ1v) is 5.64. The predicted octanol–water partition coefficient (Wildman–Crippen LogP) is 1.74. The number of H-pyrrole nitrogens is 1. The van der Waals surface area contributed by atoms with Crippen LogP contribution < -0.4 is 5.32 Å². The molecule has 1 amide bonds. The molecule has 17 heavy (non-hydrogen) atoms. The lowest BCUT2D eigenvalue weighted by Gasteiger charge is -2.02. The number of aromatic nitrogens is 2. The lowest BCUT2D eigenvalue weighted by atomic mass is 10.2. The highest BCUT2D eigenvalue weighted by molar-refractivity contribution is 9.12. The Morgan fingerprint density at radius 2 is 2.24 bits per heavy atom. The molecule has 1 rings (SSSR count). The van der Waals surface area contributed by atoms with Crippen LogP contribution in [-0.4, -0.2) is 28.7 Å². The van der Waals surface area contributed by atoms with Crippen LogP contribution in [0.1, 0.15) is 23.0 Å². The molecule has 0 aliphatic heterocycles. The van der Waals surface area contributed by atoms with Crippen LogP contribution in [0.5, 0.6) is 0 Å². The zero-order valence-corrected chi connectivity index (χ0v) is 11.1. The summed E-state index contributed by atoms with van der Waals surface area (Å²) in [7, 11) is 0. The summed E-state index contributed by atoms with van der Waals surface area (Å²) in [5.74, 6) is -0.649. The number of esters is 1. The average molecular weight is 302 g/mol. The topological polar surface area (TPSA) is 84.1 Å². The van der Waals surface area contributed by atoms with Crippen molar-refractivity contribution in [1.82, 2.24) is 10.2 Å². The van der Waals surface area contributed by atoms with E-state index in [1.54, 1.807) is 13.8 Å². The molecule has 2 N–H and O–H groups in total. The van der Waals surface area contributed by atoms with Gasteiger partial charge in [0.15, 0.2) is 5.82 Å². The average Bonchev–Trinajstić information content (AvgIpc) is 2.61. The number of amides is 1. The molecule has 0 aliphatic carbocycles. The van der Waals surface area contributed by atoms with Crippen molar-refractivity contribution >= 4 is 33.6 Å². The van der Waals surface area contributed by atoms with Crippen LogP contribution in [-0.2, 0) is 9.53 Å². The molecule has 0 atom stereocenters. The molecule has 1 aromatic rings. The summed E-state index contributed by atoms with van der Waals surface area (Å²) in [6.07, 6.45) is 0. The molecule has 1 heterocycles. The van der Waals surface area contributed by atoms with Gasteiger partial charge < -0.3 is 10.1 Å². The molecular weight excluding hydrogens is 290 g/mol. The van der Waals surface area contributed by atoms with E-state index < -0.39 is 11.9 Å². The Balaban J connectivity index is 2.87. The fraction of sp³-hybridized carbons (Fsp3) is 0.300.